The zero-order valence-electron chi connectivity index (χ0n) is 20.9. The lowest BCUT2D eigenvalue weighted by molar-refractivity contribution is 0.591. The zero-order chi connectivity index (χ0) is 26.3. The Kier molecular flexibility index (Phi) is 7.85. The standard InChI is InChI=1S/C34H28O2P2/c35-37(31-13-5-1-6-14-31,32-15-7-2-8-16-32)27-25-29-21-23-30(24-22-29)26-28-38(36,33-17-9-3-10-18-33)34-19-11-4-12-20-34/h1-28H/b27-25-,28-26-. The van der Waals surface area contributed by atoms with E-state index < -0.39 is 14.3 Å². The van der Waals surface area contributed by atoms with Crippen molar-refractivity contribution in [2.24, 2.45) is 0 Å². The average Bonchev–Trinajstić information content (AvgIpc) is 3.01. The van der Waals surface area contributed by atoms with Crippen molar-refractivity contribution < 1.29 is 9.13 Å². The van der Waals surface area contributed by atoms with Crippen molar-refractivity contribution in [3.63, 3.8) is 0 Å². The lowest BCUT2D eigenvalue weighted by Crippen LogP contribution is -2.13. The summed E-state index contributed by atoms with van der Waals surface area (Å²) in [6.07, 6.45) is 3.85. The summed E-state index contributed by atoms with van der Waals surface area (Å²) in [6.45, 7) is 0. The molecule has 0 atom stereocenters. The van der Waals surface area contributed by atoms with Crippen LogP contribution in [0.2, 0.25) is 0 Å². The van der Waals surface area contributed by atoms with Gasteiger partial charge in [0.25, 0.3) is 0 Å². The molecule has 0 saturated carbocycles. The van der Waals surface area contributed by atoms with E-state index in [0.717, 1.165) is 32.3 Å². The third-order valence-electron chi connectivity index (χ3n) is 6.45. The molecule has 0 aliphatic carbocycles. The maximum atomic E-state index is 14.2. The SMILES string of the molecule is O=P(/C=C\c1ccc(/C=C\P(=O)(c2ccccc2)c2ccccc2)cc1)(c1ccccc1)c1ccccc1. The van der Waals surface area contributed by atoms with Crippen molar-refractivity contribution in [2.45, 2.75) is 0 Å². The van der Waals surface area contributed by atoms with Gasteiger partial charge < -0.3 is 9.13 Å². The second-order valence-electron chi connectivity index (χ2n) is 8.96. The molecule has 0 N–H and O–H groups in total. The molecule has 5 aromatic rings. The molecule has 0 aromatic heterocycles. The first-order chi connectivity index (χ1) is 18.6. The van der Waals surface area contributed by atoms with Gasteiger partial charge in [0.05, 0.1) is 0 Å². The van der Waals surface area contributed by atoms with Gasteiger partial charge in [-0.15, -0.1) is 0 Å². The van der Waals surface area contributed by atoms with Crippen LogP contribution in [0, 0.1) is 0 Å². The molecule has 2 nitrogen and oxygen atoms in total. The highest BCUT2D eigenvalue weighted by molar-refractivity contribution is 7.82. The highest BCUT2D eigenvalue weighted by Gasteiger charge is 2.24. The van der Waals surface area contributed by atoms with Crippen molar-refractivity contribution in [3.05, 3.63) is 168 Å². The highest BCUT2D eigenvalue weighted by atomic mass is 31.2. The van der Waals surface area contributed by atoms with Crippen LogP contribution >= 0.6 is 14.3 Å². The molecule has 0 spiro atoms. The van der Waals surface area contributed by atoms with Crippen LogP contribution in [0.15, 0.2) is 157 Å². The predicted molar refractivity (Wildman–Crippen MR) is 164 cm³/mol. The Balaban J connectivity index is 1.43. The summed E-state index contributed by atoms with van der Waals surface area (Å²) < 4.78 is 28.4. The summed E-state index contributed by atoms with van der Waals surface area (Å²) in [5.74, 6) is 3.67. The van der Waals surface area contributed by atoms with E-state index in [2.05, 4.69) is 0 Å². The first-order valence-corrected chi connectivity index (χ1v) is 16.0. The van der Waals surface area contributed by atoms with E-state index in [-0.39, 0.29) is 0 Å². The average molecular weight is 531 g/mol. The maximum absolute atomic E-state index is 14.2. The van der Waals surface area contributed by atoms with Gasteiger partial charge in [0.1, 0.15) is 0 Å². The monoisotopic (exact) mass is 530 g/mol. The van der Waals surface area contributed by atoms with Crippen molar-refractivity contribution in [3.8, 4) is 0 Å². The number of rotatable bonds is 8. The van der Waals surface area contributed by atoms with Gasteiger partial charge >= 0.3 is 0 Å². The Morgan fingerprint density at radius 3 is 0.816 bits per heavy atom. The largest absolute Gasteiger partial charge is 0.309 e. The topological polar surface area (TPSA) is 34.1 Å². The number of hydrogen-bond donors (Lipinski definition) is 0. The summed E-state index contributed by atoms with van der Waals surface area (Å²) in [5, 5.41) is 3.22. The zero-order valence-corrected chi connectivity index (χ0v) is 22.7. The Labute approximate surface area is 224 Å². The second kappa shape index (κ2) is 11.6. The number of benzene rings is 5. The Morgan fingerprint density at radius 2 is 0.579 bits per heavy atom. The minimum Gasteiger partial charge on any atom is -0.309 e. The van der Waals surface area contributed by atoms with Crippen LogP contribution < -0.4 is 21.2 Å². The smallest absolute Gasteiger partial charge is 0.164 e. The molecule has 5 aromatic carbocycles. The Morgan fingerprint density at radius 1 is 0.342 bits per heavy atom. The van der Waals surface area contributed by atoms with Gasteiger partial charge in [-0.3, -0.25) is 0 Å². The third-order valence-corrected chi connectivity index (χ3v) is 11.8. The van der Waals surface area contributed by atoms with Crippen molar-refractivity contribution in [1.82, 2.24) is 0 Å². The fourth-order valence-corrected chi connectivity index (χ4v) is 8.85. The quantitative estimate of drug-likeness (QED) is 0.193. The van der Waals surface area contributed by atoms with Crippen LogP contribution in [0.5, 0.6) is 0 Å². The molecule has 186 valence electrons. The number of hydrogen-bond acceptors (Lipinski definition) is 2. The van der Waals surface area contributed by atoms with E-state index in [1.54, 1.807) is 0 Å². The normalized spacial score (nSPS) is 12.2. The first-order valence-electron chi connectivity index (χ1n) is 12.5. The first kappa shape index (κ1) is 25.7. The molecule has 0 saturated heterocycles. The molecule has 0 heterocycles. The van der Waals surface area contributed by atoms with Gasteiger partial charge in [-0.1, -0.05) is 158 Å². The molecular formula is C34H28O2P2. The molecule has 0 aliphatic rings. The van der Waals surface area contributed by atoms with Crippen LogP contribution in [0.25, 0.3) is 12.2 Å². The minimum absolute atomic E-state index is 0.805. The lowest BCUT2D eigenvalue weighted by Gasteiger charge is -2.15. The molecule has 0 aliphatic heterocycles. The molecule has 0 radical (unpaired) electrons. The highest BCUT2D eigenvalue weighted by Crippen LogP contribution is 2.46. The minimum atomic E-state index is -2.94. The molecule has 38 heavy (non-hydrogen) atoms. The van der Waals surface area contributed by atoms with Crippen LogP contribution in [-0.4, -0.2) is 0 Å². The predicted octanol–water partition coefficient (Wildman–Crippen LogP) is 7.66. The molecule has 0 unspecified atom stereocenters. The van der Waals surface area contributed by atoms with Gasteiger partial charge in [0.2, 0.25) is 0 Å². The van der Waals surface area contributed by atoms with Crippen molar-refractivity contribution in [2.75, 3.05) is 0 Å². The lowest BCUT2D eigenvalue weighted by atomic mass is 10.1. The summed E-state index contributed by atoms with van der Waals surface area (Å²) in [4.78, 5) is 0. The van der Waals surface area contributed by atoms with Crippen LogP contribution in [0.4, 0.5) is 0 Å². The van der Waals surface area contributed by atoms with E-state index in [1.807, 2.05) is 169 Å². The van der Waals surface area contributed by atoms with Gasteiger partial charge in [0, 0.05) is 21.2 Å². The van der Waals surface area contributed by atoms with Gasteiger partial charge in [-0.25, -0.2) is 0 Å². The molecule has 0 amide bonds. The third kappa shape index (κ3) is 5.63. The van der Waals surface area contributed by atoms with E-state index in [9.17, 15) is 9.13 Å². The molecule has 4 heteroatoms. The molecule has 5 rings (SSSR count). The summed E-state index contributed by atoms with van der Waals surface area (Å²) >= 11 is 0. The van der Waals surface area contributed by atoms with Gasteiger partial charge in [-0.05, 0) is 22.8 Å². The fourth-order valence-electron chi connectivity index (χ4n) is 4.34. The van der Waals surface area contributed by atoms with E-state index in [1.165, 1.54) is 0 Å². The van der Waals surface area contributed by atoms with Gasteiger partial charge in [0.15, 0.2) is 14.3 Å². The van der Waals surface area contributed by atoms with Crippen molar-refractivity contribution in [1.29, 1.82) is 0 Å². The summed E-state index contributed by atoms with van der Waals surface area (Å²) in [6, 6.07) is 46.4. The molecular weight excluding hydrogens is 502 g/mol. The Hall–Kier alpha value is -3.96. The van der Waals surface area contributed by atoms with Crippen LogP contribution in [0.1, 0.15) is 11.1 Å². The maximum Gasteiger partial charge on any atom is 0.164 e. The molecule has 0 bridgehead atoms. The van der Waals surface area contributed by atoms with E-state index in [0.29, 0.717) is 0 Å². The van der Waals surface area contributed by atoms with Crippen LogP contribution in [0.3, 0.4) is 0 Å². The van der Waals surface area contributed by atoms with E-state index >= 15 is 0 Å². The van der Waals surface area contributed by atoms with Crippen molar-refractivity contribution >= 4 is 47.7 Å². The summed E-state index contributed by atoms with van der Waals surface area (Å²) in [7, 11) is -5.87. The van der Waals surface area contributed by atoms with Crippen LogP contribution in [-0.2, 0) is 9.13 Å². The van der Waals surface area contributed by atoms with Gasteiger partial charge in [-0.2, -0.15) is 0 Å². The second-order valence-corrected chi connectivity index (χ2v) is 14.3. The summed E-state index contributed by atoms with van der Waals surface area (Å²) in [5.41, 5.74) is 1.90. The Bertz CT molecular complexity index is 1410. The van der Waals surface area contributed by atoms with E-state index in [4.69, 9.17) is 0 Å². The molecule has 0 fully saturated rings. The fraction of sp³-hybridized carbons (Fsp3) is 0.